The molecule has 3 atom stereocenters. The number of likely N-dealkylation sites (tertiary alicyclic amines) is 1. The molecule has 0 aromatic heterocycles. The number of carbonyl (C=O) groups excluding carboxylic acids is 2. The minimum absolute atomic E-state index is 0.0545. The molecule has 3 aliphatic heterocycles. The summed E-state index contributed by atoms with van der Waals surface area (Å²) in [5.74, 6) is 0.196. The number of piperidine rings is 1. The van der Waals surface area contributed by atoms with Crippen molar-refractivity contribution in [3.63, 3.8) is 0 Å². The van der Waals surface area contributed by atoms with Crippen molar-refractivity contribution >= 4 is 34.8 Å². The highest BCUT2D eigenvalue weighted by atomic mass is 32.1. The SMILES string of the molecule is O=C1NCC(CCC(=O)N2CCC(O)CC2)N2CC(NC(=S)Nc3ccccc3)CC12. The van der Waals surface area contributed by atoms with E-state index >= 15 is 0 Å². The molecule has 3 heterocycles. The molecule has 3 aliphatic rings. The molecule has 3 unspecified atom stereocenters. The first-order chi connectivity index (χ1) is 15.0. The van der Waals surface area contributed by atoms with Gasteiger partial charge in [0.1, 0.15) is 0 Å². The van der Waals surface area contributed by atoms with E-state index in [1.54, 1.807) is 0 Å². The first kappa shape index (κ1) is 22.0. The van der Waals surface area contributed by atoms with E-state index < -0.39 is 0 Å². The van der Waals surface area contributed by atoms with Crippen molar-refractivity contribution in [2.75, 3.05) is 31.5 Å². The fourth-order valence-electron chi connectivity index (χ4n) is 4.79. The van der Waals surface area contributed by atoms with Crippen LogP contribution in [-0.2, 0) is 9.59 Å². The van der Waals surface area contributed by atoms with Gasteiger partial charge in [-0.25, -0.2) is 0 Å². The number of anilines is 1. The molecule has 8 nitrogen and oxygen atoms in total. The van der Waals surface area contributed by atoms with Crippen molar-refractivity contribution in [2.24, 2.45) is 0 Å². The van der Waals surface area contributed by atoms with Gasteiger partial charge in [-0.3, -0.25) is 14.5 Å². The first-order valence-electron chi connectivity index (χ1n) is 11.1. The monoisotopic (exact) mass is 445 g/mol. The second-order valence-electron chi connectivity index (χ2n) is 8.66. The van der Waals surface area contributed by atoms with Crippen molar-refractivity contribution in [3.05, 3.63) is 30.3 Å². The average molecular weight is 446 g/mol. The zero-order chi connectivity index (χ0) is 21.8. The van der Waals surface area contributed by atoms with E-state index in [1.807, 2.05) is 35.2 Å². The zero-order valence-electron chi connectivity index (χ0n) is 17.6. The van der Waals surface area contributed by atoms with Crippen LogP contribution in [0.5, 0.6) is 0 Å². The number of thiocarbonyl (C=S) groups is 1. The highest BCUT2D eigenvalue weighted by molar-refractivity contribution is 7.80. The molecular formula is C22H31N5O3S. The van der Waals surface area contributed by atoms with E-state index in [0.717, 1.165) is 12.2 Å². The molecule has 3 saturated heterocycles. The van der Waals surface area contributed by atoms with Crippen LogP contribution < -0.4 is 16.0 Å². The molecule has 9 heteroatoms. The van der Waals surface area contributed by atoms with Crippen molar-refractivity contribution in [2.45, 2.75) is 56.3 Å². The topological polar surface area (TPSA) is 96.9 Å². The molecule has 168 valence electrons. The summed E-state index contributed by atoms with van der Waals surface area (Å²) >= 11 is 5.45. The second-order valence-corrected chi connectivity index (χ2v) is 9.07. The normalized spacial score (nSPS) is 26.8. The molecule has 0 bridgehead atoms. The molecular weight excluding hydrogens is 414 g/mol. The largest absolute Gasteiger partial charge is 0.393 e. The van der Waals surface area contributed by atoms with E-state index in [0.29, 0.717) is 56.9 Å². The van der Waals surface area contributed by atoms with Crippen molar-refractivity contribution < 1.29 is 14.7 Å². The Labute approximate surface area is 188 Å². The Balaban J connectivity index is 1.28. The summed E-state index contributed by atoms with van der Waals surface area (Å²) < 4.78 is 0. The fourth-order valence-corrected chi connectivity index (χ4v) is 5.07. The molecule has 0 spiro atoms. The summed E-state index contributed by atoms with van der Waals surface area (Å²) in [5.41, 5.74) is 0.926. The van der Waals surface area contributed by atoms with Gasteiger partial charge >= 0.3 is 0 Å². The minimum Gasteiger partial charge on any atom is -0.393 e. The first-order valence-corrected chi connectivity index (χ1v) is 11.5. The lowest BCUT2D eigenvalue weighted by Crippen LogP contribution is -2.58. The maximum Gasteiger partial charge on any atom is 0.237 e. The van der Waals surface area contributed by atoms with E-state index in [-0.39, 0.29) is 36.0 Å². The Kier molecular flexibility index (Phi) is 7.04. The Bertz CT molecular complexity index is 800. The average Bonchev–Trinajstić information content (AvgIpc) is 3.19. The predicted molar refractivity (Wildman–Crippen MR) is 123 cm³/mol. The van der Waals surface area contributed by atoms with Crippen LogP contribution in [0.15, 0.2) is 30.3 Å². The number of carbonyl (C=O) groups is 2. The van der Waals surface area contributed by atoms with Gasteiger partial charge in [-0.1, -0.05) is 18.2 Å². The quantitative estimate of drug-likeness (QED) is 0.495. The lowest BCUT2D eigenvalue weighted by atomic mass is 10.0. The van der Waals surface area contributed by atoms with Crippen LogP contribution in [0.4, 0.5) is 5.69 Å². The smallest absolute Gasteiger partial charge is 0.237 e. The van der Waals surface area contributed by atoms with E-state index in [2.05, 4.69) is 20.9 Å². The Morgan fingerprint density at radius 1 is 1.23 bits per heavy atom. The van der Waals surface area contributed by atoms with E-state index in [1.165, 1.54) is 0 Å². The molecule has 3 fully saturated rings. The number of para-hydroxylation sites is 1. The maximum absolute atomic E-state index is 12.6. The number of benzene rings is 1. The number of piperazine rings is 1. The number of fused-ring (bicyclic) bond motifs is 1. The third-order valence-electron chi connectivity index (χ3n) is 6.50. The van der Waals surface area contributed by atoms with Crippen molar-refractivity contribution in [3.8, 4) is 0 Å². The van der Waals surface area contributed by atoms with E-state index in [9.17, 15) is 14.7 Å². The van der Waals surface area contributed by atoms with Gasteiger partial charge in [0, 0.05) is 50.4 Å². The fraction of sp³-hybridized carbons (Fsp3) is 0.591. The Morgan fingerprint density at radius 2 is 1.97 bits per heavy atom. The van der Waals surface area contributed by atoms with Crippen molar-refractivity contribution in [1.82, 2.24) is 20.4 Å². The second kappa shape index (κ2) is 9.93. The minimum atomic E-state index is -0.283. The van der Waals surface area contributed by atoms with Gasteiger partial charge in [0.15, 0.2) is 5.11 Å². The van der Waals surface area contributed by atoms with Gasteiger partial charge in [-0.2, -0.15) is 0 Å². The molecule has 0 radical (unpaired) electrons. The number of nitrogens with zero attached hydrogens (tertiary/aromatic N) is 2. The number of nitrogens with one attached hydrogen (secondary N) is 3. The number of hydrogen-bond donors (Lipinski definition) is 4. The van der Waals surface area contributed by atoms with Gasteiger partial charge in [0.05, 0.1) is 12.1 Å². The Hall–Kier alpha value is -2.23. The summed E-state index contributed by atoms with van der Waals surface area (Å²) in [6.45, 7) is 2.56. The van der Waals surface area contributed by atoms with Crippen LogP contribution >= 0.6 is 12.2 Å². The lowest BCUT2D eigenvalue weighted by molar-refractivity contribution is -0.134. The van der Waals surface area contributed by atoms with Crippen LogP contribution in [0.1, 0.15) is 32.1 Å². The van der Waals surface area contributed by atoms with Crippen molar-refractivity contribution in [1.29, 1.82) is 0 Å². The van der Waals surface area contributed by atoms with Gasteiger partial charge in [0.25, 0.3) is 0 Å². The van der Waals surface area contributed by atoms with Crippen LogP contribution in [-0.4, -0.2) is 82.2 Å². The predicted octanol–water partition coefficient (Wildman–Crippen LogP) is 0.678. The number of amides is 2. The standard InChI is InChI=1S/C22H31N5O3S/c28-18-8-10-26(11-9-18)20(29)7-6-17-13-23-21(30)19-12-16(14-27(17)19)25-22(31)24-15-4-2-1-3-5-15/h1-5,16-19,28H,6-14H2,(H,23,30)(H2,24,25,31). The summed E-state index contributed by atoms with van der Waals surface area (Å²) in [4.78, 5) is 29.1. The molecule has 1 aromatic carbocycles. The van der Waals surface area contributed by atoms with E-state index in [4.69, 9.17) is 12.2 Å². The van der Waals surface area contributed by atoms with Crippen LogP contribution in [0.25, 0.3) is 0 Å². The molecule has 0 saturated carbocycles. The highest BCUT2D eigenvalue weighted by Crippen LogP contribution is 2.26. The highest BCUT2D eigenvalue weighted by Gasteiger charge is 2.43. The van der Waals surface area contributed by atoms with Gasteiger partial charge in [-0.15, -0.1) is 0 Å². The third kappa shape index (κ3) is 5.53. The van der Waals surface area contributed by atoms with Gasteiger partial charge in [0.2, 0.25) is 11.8 Å². The number of aliphatic hydroxyl groups is 1. The van der Waals surface area contributed by atoms with Crippen LogP contribution in [0.3, 0.4) is 0 Å². The van der Waals surface area contributed by atoms with Crippen LogP contribution in [0.2, 0.25) is 0 Å². The summed E-state index contributed by atoms with van der Waals surface area (Å²) in [5, 5.41) is 19.7. The van der Waals surface area contributed by atoms with Gasteiger partial charge < -0.3 is 26.0 Å². The Morgan fingerprint density at radius 3 is 2.71 bits per heavy atom. The molecule has 31 heavy (non-hydrogen) atoms. The lowest BCUT2D eigenvalue weighted by Gasteiger charge is -2.37. The zero-order valence-corrected chi connectivity index (χ0v) is 18.4. The van der Waals surface area contributed by atoms with Crippen LogP contribution in [0, 0.1) is 0 Å². The molecule has 2 amide bonds. The number of aliphatic hydroxyl groups excluding tert-OH is 1. The number of rotatable bonds is 5. The molecule has 0 aliphatic carbocycles. The summed E-state index contributed by atoms with van der Waals surface area (Å²) in [6.07, 6.45) is 2.90. The maximum atomic E-state index is 12.6. The summed E-state index contributed by atoms with van der Waals surface area (Å²) in [6, 6.07) is 9.80. The number of hydrogen-bond acceptors (Lipinski definition) is 5. The molecule has 1 aromatic rings. The molecule has 4 rings (SSSR count). The third-order valence-corrected chi connectivity index (χ3v) is 6.72. The molecule has 4 N–H and O–H groups in total. The van der Waals surface area contributed by atoms with Gasteiger partial charge in [-0.05, 0) is 50.0 Å². The summed E-state index contributed by atoms with van der Waals surface area (Å²) in [7, 11) is 0.